The lowest BCUT2D eigenvalue weighted by atomic mass is 9.81. The van der Waals surface area contributed by atoms with Crippen molar-refractivity contribution < 1.29 is 9.84 Å². The highest BCUT2D eigenvalue weighted by Crippen LogP contribution is 2.35. The van der Waals surface area contributed by atoms with E-state index in [0.29, 0.717) is 17.1 Å². The Balaban J connectivity index is 1.52. The third kappa shape index (κ3) is 4.56. The van der Waals surface area contributed by atoms with Crippen molar-refractivity contribution in [3.8, 4) is 34.0 Å². The molecule has 2 aromatic heterocycles. The molecule has 0 bridgehead atoms. The molecule has 0 atom stereocenters. The first-order valence-electron chi connectivity index (χ1n) is 10.7. The number of H-pyrrole nitrogens is 1. The first-order valence-corrected chi connectivity index (χ1v) is 10.7. The van der Waals surface area contributed by atoms with E-state index in [-0.39, 0.29) is 22.9 Å². The predicted octanol–water partition coefficient (Wildman–Crippen LogP) is 4.54. The number of nitrogens with zero attached hydrogens (tertiary/aromatic N) is 3. The molecule has 3 N–H and O–H groups in total. The van der Waals surface area contributed by atoms with Crippen LogP contribution in [-0.4, -0.2) is 42.7 Å². The second-order valence-corrected chi connectivity index (χ2v) is 9.84. The minimum absolute atomic E-state index is 0.000975. The van der Waals surface area contributed by atoms with Gasteiger partial charge in [0.2, 0.25) is 5.88 Å². The minimum Gasteiger partial charge on any atom is -0.507 e. The van der Waals surface area contributed by atoms with Crippen molar-refractivity contribution in [2.45, 2.75) is 71.6 Å². The van der Waals surface area contributed by atoms with E-state index in [1.807, 2.05) is 38.1 Å². The molecular formula is C24H31N5O2. The van der Waals surface area contributed by atoms with Crippen LogP contribution < -0.4 is 10.1 Å². The zero-order chi connectivity index (χ0) is 22.4. The maximum absolute atomic E-state index is 10.6. The zero-order valence-electron chi connectivity index (χ0n) is 19.1. The van der Waals surface area contributed by atoms with Gasteiger partial charge in [0, 0.05) is 46.8 Å². The first kappa shape index (κ1) is 21.3. The fraction of sp³-hybridized carbons (Fsp3) is 0.458. The quantitative estimate of drug-likeness (QED) is 0.572. The summed E-state index contributed by atoms with van der Waals surface area (Å²) in [5, 5.41) is 30.1. The van der Waals surface area contributed by atoms with Crippen molar-refractivity contribution in [2.75, 3.05) is 0 Å². The second-order valence-electron chi connectivity index (χ2n) is 9.84. The average molecular weight is 422 g/mol. The summed E-state index contributed by atoms with van der Waals surface area (Å²) in [5.74, 6) is 0.658. The van der Waals surface area contributed by atoms with E-state index in [1.165, 1.54) is 0 Å². The molecule has 0 spiro atoms. The van der Waals surface area contributed by atoms with Crippen LogP contribution in [0.25, 0.3) is 22.4 Å². The molecule has 7 heteroatoms. The molecule has 3 heterocycles. The van der Waals surface area contributed by atoms with Gasteiger partial charge in [0.1, 0.15) is 11.9 Å². The molecule has 0 aliphatic carbocycles. The summed E-state index contributed by atoms with van der Waals surface area (Å²) in [7, 11) is 0. The molecule has 4 rings (SSSR count). The second kappa shape index (κ2) is 7.64. The smallest absolute Gasteiger partial charge is 0.233 e. The van der Waals surface area contributed by atoms with Crippen LogP contribution in [0.5, 0.6) is 11.6 Å². The van der Waals surface area contributed by atoms with Gasteiger partial charge in [-0.3, -0.25) is 5.10 Å². The van der Waals surface area contributed by atoms with Gasteiger partial charge >= 0.3 is 0 Å². The molecule has 0 saturated carbocycles. The Kier molecular flexibility index (Phi) is 5.25. The number of piperidine rings is 1. The predicted molar refractivity (Wildman–Crippen MR) is 121 cm³/mol. The Bertz CT molecular complexity index is 1050. The number of ether oxygens (including phenoxy) is 1. The van der Waals surface area contributed by atoms with Gasteiger partial charge in [-0.25, -0.2) is 0 Å². The van der Waals surface area contributed by atoms with E-state index >= 15 is 0 Å². The Morgan fingerprint density at radius 3 is 2.26 bits per heavy atom. The van der Waals surface area contributed by atoms with Crippen LogP contribution >= 0.6 is 0 Å². The number of hydrogen-bond donors (Lipinski definition) is 3. The third-order valence-corrected chi connectivity index (χ3v) is 5.77. The van der Waals surface area contributed by atoms with Gasteiger partial charge in [0.15, 0.2) is 0 Å². The molecule has 7 nitrogen and oxygen atoms in total. The molecule has 1 aliphatic rings. The standard InChI is InChI=1S/C24H31N5O2/c1-14-22(15(2)26-25-14)16-7-8-18(20(30)11-16)19-9-10-21(28-27-19)31-17-12-23(3,4)29-24(5,6)13-17/h7-11,17,29-30H,12-13H2,1-6H3,(H,25,26). The Hall–Kier alpha value is -2.93. The molecular weight excluding hydrogens is 390 g/mol. The van der Waals surface area contributed by atoms with Crippen molar-refractivity contribution in [3.63, 3.8) is 0 Å². The minimum atomic E-state index is -0.000975. The monoisotopic (exact) mass is 421 g/mol. The number of aromatic nitrogens is 4. The highest BCUT2D eigenvalue weighted by atomic mass is 16.5. The maximum Gasteiger partial charge on any atom is 0.233 e. The largest absolute Gasteiger partial charge is 0.507 e. The molecule has 1 fully saturated rings. The molecule has 3 aromatic rings. The van der Waals surface area contributed by atoms with Gasteiger partial charge in [-0.2, -0.15) is 5.10 Å². The number of nitrogens with one attached hydrogen (secondary N) is 2. The molecule has 0 unspecified atom stereocenters. The van der Waals surface area contributed by atoms with E-state index < -0.39 is 0 Å². The highest BCUT2D eigenvalue weighted by molar-refractivity contribution is 5.76. The van der Waals surface area contributed by atoms with Crippen molar-refractivity contribution in [1.29, 1.82) is 0 Å². The Labute approximate surface area is 183 Å². The van der Waals surface area contributed by atoms with E-state index in [2.05, 4.69) is 53.4 Å². The number of aromatic amines is 1. The van der Waals surface area contributed by atoms with Gasteiger partial charge in [-0.15, -0.1) is 10.2 Å². The number of aromatic hydroxyl groups is 1. The van der Waals surface area contributed by atoms with Gasteiger partial charge < -0.3 is 15.2 Å². The number of aryl methyl sites for hydroxylation is 2. The van der Waals surface area contributed by atoms with Crippen LogP contribution in [0.15, 0.2) is 30.3 Å². The molecule has 31 heavy (non-hydrogen) atoms. The number of rotatable bonds is 4. The molecule has 1 aromatic carbocycles. The van der Waals surface area contributed by atoms with Gasteiger partial charge in [0.25, 0.3) is 0 Å². The lowest BCUT2D eigenvalue weighted by Gasteiger charge is -2.46. The van der Waals surface area contributed by atoms with Crippen molar-refractivity contribution in [2.24, 2.45) is 0 Å². The molecule has 164 valence electrons. The number of phenols is 1. The summed E-state index contributed by atoms with van der Waals surface area (Å²) in [6, 6.07) is 9.22. The van der Waals surface area contributed by atoms with E-state index in [0.717, 1.165) is 35.4 Å². The Morgan fingerprint density at radius 1 is 1.00 bits per heavy atom. The van der Waals surface area contributed by atoms with Crippen molar-refractivity contribution in [1.82, 2.24) is 25.7 Å². The molecule has 0 radical (unpaired) electrons. The summed E-state index contributed by atoms with van der Waals surface area (Å²) in [6.45, 7) is 12.7. The first-order chi connectivity index (χ1) is 14.5. The van der Waals surface area contributed by atoms with E-state index in [9.17, 15) is 5.11 Å². The van der Waals surface area contributed by atoms with Crippen LogP contribution in [0.1, 0.15) is 51.9 Å². The summed E-state index contributed by atoms with van der Waals surface area (Å²) >= 11 is 0. The van der Waals surface area contributed by atoms with Crippen LogP contribution in [0, 0.1) is 13.8 Å². The SMILES string of the molecule is Cc1n[nH]c(C)c1-c1ccc(-c2ccc(OC3CC(C)(C)NC(C)(C)C3)nn2)c(O)c1. The summed E-state index contributed by atoms with van der Waals surface area (Å²) in [4.78, 5) is 0. The average Bonchev–Trinajstić information content (AvgIpc) is 2.98. The van der Waals surface area contributed by atoms with Gasteiger partial charge in [-0.1, -0.05) is 6.07 Å². The van der Waals surface area contributed by atoms with Crippen LogP contribution in [0.4, 0.5) is 0 Å². The van der Waals surface area contributed by atoms with Crippen LogP contribution in [-0.2, 0) is 0 Å². The fourth-order valence-electron chi connectivity index (χ4n) is 4.89. The van der Waals surface area contributed by atoms with Gasteiger partial charge in [-0.05, 0) is 65.3 Å². The molecule has 0 amide bonds. The molecule has 1 saturated heterocycles. The van der Waals surface area contributed by atoms with Crippen LogP contribution in [0.3, 0.4) is 0 Å². The van der Waals surface area contributed by atoms with Crippen molar-refractivity contribution in [3.05, 3.63) is 41.7 Å². The Morgan fingerprint density at radius 2 is 1.71 bits per heavy atom. The fourth-order valence-corrected chi connectivity index (χ4v) is 4.89. The number of phenolic OH excluding ortho intramolecular Hbond substituents is 1. The highest BCUT2D eigenvalue weighted by Gasteiger charge is 2.38. The normalized spacial score (nSPS) is 18.1. The summed E-state index contributed by atoms with van der Waals surface area (Å²) in [5.41, 5.74) is 5.01. The third-order valence-electron chi connectivity index (χ3n) is 5.77. The van der Waals surface area contributed by atoms with E-state index in [4.69, 9.17) is 4.74 Å². The number of hydrogen-bond acceptors (Lipinski definition) is 6. The zero-order valence-corrected chi connectivity index (χ0v) is 19.1. The lowest BCUT2D eigenvalue weighted by molar-refractivity contribution is 0.0524. The molecule has 1 aliphatic heterocycles. The maximum atomic E-state index is 10.6. The van der Waals surface area contributed by atoms with Gasteiger partial charge in [0.05, 0.1) is 11.4 Å². The lowest BCUT2D eigenvalue weighted by Crippen LogP contribution is -2.60. The van der Waals surface area contributed by atoms with Crippen LogP contribution in [0.2, 0.25) is 0 Å². The van der Waals surface area contributed by atoms with Crippen molar-refractivity contribution >= 4 is 0 Å². The van der Waals surface area contributed by atoms with E-state index in [1.54, 1.807) is 6.07 Å². The summed E-state index contributed by atoms with van der Waals surface area (Å²) < 4.78 is 6.16. The summed E-state index contributed by atoms with van der Waals surface area (Å²) in [6.07, 6.45) is 1.87. The topological polar surface area (TPSA) is 96.0 Å². The number of benzene rings is 1.